The number of benzene rings is 1. The third kappa shape index (κ3) is 1.79. The minimum Gasteiger partial charge on any atom is -0.206 e. The number of hydrogen-bond acceptors (Lipinski definition) is 1. The van der Waals surface area contributed by atoms with Gasteiger partial charge >= 0.3 is 0 Å². The van der Waals surface area contributed by atoms with Crippen LogP contribution < -0.4 is 0 Å². The number of halogens is 2. The zero-order valence-corrected chi connectivity index (χ0v) is 9.85. The van der Waals surface area contributed by atoms with E-state index >= 15 is 0 Å². The first-order chi connectivity index (χ1) is 7.18. The maximum atomic E-state index is 13.4. The zero-order chi connectivity index (χ0) is 10.9. The van der Waals surface area contributed by atoms with Gasteiger partial charge in [-0.1, -0.05) is 18.9 Å². The molecule has 1 aliphatic carbocycles. The second kappa shape index (κ2) is 3.94. The fourth-order valence-electron chi connectivity index (χ4n) is 2.24. The summed E-state index contributed by atoms with van der Waals surface area (Å²) in [7, 11) is 0. The van der Waals surface area contributed by atoms with E-state index in [1.165, 1.54) is 6.07 Å². The molecule has 0 spiro atoms. The molecule has 15 heavy (non-hydrogen) atoms. The molecule has 3 heteroatoms. The standard InChI is InChI=1S/C12H11BrFN/c13-10-4-3-9(7-11(10)14)12(8-15)5-1-2-6-12/h3-4,7H,1-2,5-6H2. The Morgan fingerprint density at radius 3 is 2.53 bits per heavy atom. The minimum atomic E-state index is -0.443. The summed E-state index contributed by atoms with van der Waals surface area (Å²) in [5, 5.41) is 9.25. The molecule has 0 radical (unpaired) electrons. The SMILES string of the molecule is N#CC1(c2ccc(Br)c(F)c2)CCCC1. The normalized spacial score (nSPS) is 18.7. The van der Waals surface area contributed by atoms with E-state index in [1.54, 1.807) is 6.07 Å². The number of hydrogen-bond donors (Lipinski definition) is 0. The summed E-state index contributed by atoms with van der Waals surface area (Å²) in [4.78, 5) is 0. The Bertz CT molecular complexity index is 416. The Kier molecular flexibility index (Phi) is 2.79. The van der Waals surface area contributed by atoms with Gasteiger partial charge in [-0.15, -0.1) is 0 Å². The van der Waals surface area contributed by atoms with Gasteiger partial charge in [0.05, 0.1) is 16.0 Å². The van der Waals surface area contributed by atoms with Crippen LogP contribution in [-0.4, -0.2) is 0 Å². The van der Waals surface area contributed by atoms with Gasteiger partial charge in [0, 0.05) is 0 Å². The lowest BCUT2D eigenvalue weighted by Crippen LogP contribution is -2.19. The molecule has 2 rings (SSSR count). The van der Waals surface area contributed by atoms with Gasteiger partial charge in [0.2, 0.25) is 0 Å². The van der Waals surface area contributed by atoms with Crippen molar-refractivity contribution in [2.75, 3.05) is 0 Å². The molecular weight excluding hydrogens is 257 g/mol. The topological polar surface area (TPSA) is 23.8 Å². The minimum absolute atomic E-state index is 0.283. The average molecular weight is 268 g/mol. The maximum absolute atomic E-state index is 13.4. The Hall–Kier alpha value is -0.880. The van der Waals surface area contributed by atoms with E-state index in [9.17, 15) is 9.65 Å². The summed E-state index contributed by atoms with van der Waals surface area (Å²) >= 11 is 3.12. The number of nitrogens with zero attached hydrogens (tertiary/aromatic N) is 1. The monoisotopic (exact) mass is 267 g/mol. The Labute approximate surface area is 97.0 Å². The van der Waals surface area contributed by atoms with Crippen LogP contribution in [0.2, 0.25) is 0 Å². The first-order valence-corrected chi connectivity index (χ1v) is 5.84. The fraction of sp³-hybridized carbons (Fsp3) is 0.417. The van der Waals surface area contributed by atoms with E-state index in [2.05, 4.69) is 22.0 Å². The quantitative estimate of drug-likeness (QED) is 0.757. The van der Waals surface area contributed by atoms with Gasteiger partial charge in [-0.3, -0.25) is 0 Å². The summed E-state index contributed by atoms with van der Waals surface area (Å²) in [5.41, 5.74) is 0.379. The van der Waals surface area contributed by atoms with E-state index < -0.39 is 5.41 Å². The Morgan fingerprint density at radius 1 is 1.33 bits per heavy atom. The van der Waals surface area contributed by atoms with Gasteiger partial charge in [0.1, 0.15) is 5.82 Å². The van der Waals surface area contributed by atoms with Crippen LogP contribution in [0.1, 0.15) is 31.2 Å². The van der Waals surface area contributed by atoms with Crippen molar-refractivity contribution in [3.05, 3.63) is 34.1 Å². The Morgan fingerprint density at radius 2 is 2.00 bits per heavy atom. The predicted molar refractivity (Wildman–Crippen MR) is 59.9 cm³/mol. The third-order valence-corrected chi connectivity index (χ3v) is 3.79. The number of rotatable bonds is 1. The lowest BCUT2D eigenvalue weighted by atomic mass is 9.80. The van der Waals surface area contributed by atoms with Gasteiger partial charge in [0.15, 0.2) is 0 Å². The average Bonchev–Trinajstić information content (AvgIpc) is 2.72. The largest absolute Gasteiger partial charge is 0.206 e. The summed E-state index contributed by atoms with van der Waals surface area (Å²) < 4.78 is 13.8. The summed E-state index contributed by atoms with van der Waals surface area (Å²) in [5.74, 6) is -0.283. The van der Waals surface area contributed by atoms with Crippen LogP contribution in [-0.2, 0) is 5.41 Å². The van der Waals surface area contributed by atoms with Crippen molar-refractivity contribution < 1.29 is 4.39 Å². The second-order valence-electron chi connectivity index (χ2n) is 4.03. The van der Waals surface area contributed by atoms with Crippen molar-refractivity contribution in [1.82, 2.24) is 0 Å². The third-order valence-electron chi connectivity index (χ3n) is 3.14. The lowest BCUT2D eigenvalue weighted by Gasteiger charge is -2.20. The Balaban J connectivity index is 2.44. The smallest absolute Gasteiger partial charge is 0.137 e. The molecule has 0 saturated heterocycles. The first kappa shape index (κ1) is 10.6. The van der Waals surface area contributed by atoms with Crippen molar-refractivity contribution in [3.8, 4) is 6.07 Å². The molecule has 0 bridgehead atoms. The molecule has 0 heterocycles. The van der Waals surface area contributed by atoms with Crippen LogP contribution in [0, 0.1) is 17.1 Å². The van der Waals surface area contributed by atoms with E-state index in [0.717, 1.165) is 31.2 Å². The number of nitriles is 1. The van der Waals surface area contributed by atoms with Gasteiger partial charge < -0.3 is 0 Å². The molecule has 0 aromatic heterocycles. The molecule has 0 aliphatic heterocycles. The highest BCUT2D eigenvalue weighted by molar-refractivity contribution is 9.10. The lowest BCUT2D eigenvalue weighted by molar-refractivity contribution is 0.558. The molecule has 78 valence electrons. The highest BCUT2D eigenvalue weighted by Gasteiger charge is 2.36. The van der Waals surface area contributed by atoms with E-state index in [1.807, 2.05) is 6.07 Å². The fourth-order valence-corrected chi connectivity index (χ4v) is 2.48. The van der Waals surface area contributed by atoms with Crippen molar-refractivity contribution in [2.24, 2.45) is 0 Å². The maximum Gasteiger partial charge on any atom is 0.137 e. The van der Waals surface area contributed by atoms with Crippen molar-refractivity contribution in [3.63, 3.8) is 0 Å². The first-order valence-electron chi connectivity index (χ1n) is 5.05. The van der Waals surface area contributed by atoms with Crippen LogP contribution in [0.5, 0.6) is 0 Å². The summed E-state index contributed by atoms with van der Waals surface area (Å²) in [6.45, 7) is 0. The summed E-state index contributed by atoms with van der Waals surface area (Å²) in [6.07, 6.45) is 3.83. The van der Waals surface area contributed by atoms with Crippen LogP contribution in [0.3, 0.4) is 0 Å². The van der Waals surface area contributed by atoms with Crippen molar-refractivity contribution >= 4 is 15.9 Å². The zero-order valence-electron chi connectivity index (χ0n) is 8.26. The molecule has 0 amide bonds. The van der Waals surface area contributed by atoms with Crippen molar-refractivity contribution in [1.29, 1.82) is 5.26 Å². The van der Waals surface area contributed by atoms with Gasteiger partial charge in [-0.2, -0.15) is 5.26 Å². The molecule has 0 N–H and O–H groups in total. The predicted octanol–water partition coefficient (Wildman–Crippen LogP) is 3.92. The molecule has 1 aromatic rings. The molecular formula is C12H11BrFN. The van der Waals surface area contributed by atoms with Crippen LogP contribution in [0.25, 0.3) is 0 Å². The van der Waals surface area contributed by atoms with Crippen molar-refractivity contribution in [2.45, 2.75) is 31.1 Å². The molecule has 1 aromatic carbocycles. The van der Waals surface area contributed by atoms with Gasteiger partial charge in [-0.25, -0.2) is 4.39 Å². The van der Waals surface area contributed by atoms with Crippen LogP contribution >= 0.6 is 15.9 Å². The highest BCUT2D eigenvalue weighted by atomic mass is 79.9. The summed E-state index contributed by atoms with van der Waals surface area (Å²) in [6, 6.07) is 7.37. The second-order valence-corrected chi connectivity index (χ2v) is 4.88. The molecule has 0 unspecified atom stereocenters. The molecule has 1 aliphatic rings. The molecule has 1 nitrogen and oxygen atoms in total. The van der Waals surface area contributed by atoms with E-state index in [-0.39, 0.29) is 5.82 Å². The van der Waals surface area contributed by atoms with Gasteiger partial charge in [-0.05, 0) is 46.5 Å². The van der Waals surface area contributed by atoms with Gasteiger partial charge in [0.25, 0.3) is 0 Å². The van der Waals surface area contributed by atoms with E-state index in [4.69, 9.17) is 0 Å². The van der Waals surface area contributed by atoms with E-state index in [0.29, 0.717) is 4.47 Å². The van der Waals surface area contributed by atoms with Crippen LogP contribution in [0.4, 0.5) is 4.39 Å². The molecule has 1 saturated carbocycles. The van der Waals surface area contributed by atoms with Crippen LogP contribution in [0.15, 0.2) is 22.7 Å². The molecule has 1 fully saturated rings. The highest BCUT2D eigenvalue weighted by Crippen LogP contribution is 2.41. The molecule has 0 atom stereocenters.